The molecule has 0 radical (unpaired) electrons. The van der Waals surface area contributed by atoms with Crippen LogP contribution in [0.5, 0.6) is 0 Å². The van der Waals surface area contributed by atoms with Crippen molar-refractivity contribution in [2.45, 2.75) is 50.1 Å². The number of carbonyl (C=O) groups is 2. The molecule has 3 aliphatic heterocycles. The molecule has 3 aliphatic rings. The van der Waals surface area contributed by atoms with E-state index in [1.807, 2.05) is 68.4 Å². The molecule has 0 aliphatic carbocycles. The Morgan fingerprint density at radius 3 is 2.58 bits per heavy atom. The molecule has 6 heteroatoms. The van der Waals surface area contributed by atoms with Gasteiger partial charge in [-0.25, -0.2) is 4.79 Å². The number of amides is 1. The Balaban J connectivity index is 1.65. The molecule has 0 spiro atoms. The van der Waals surface area contributed by atoms with Gasteiger partial charge in [-0.1, -0.05) is 68.5 Å². The lowest BCUT2D eigenvalue weighted by Gasteiger charge is -2.53. The van der Waals surface area contributed by atoms with Gasteiger partial charge < -0.3 is 15.2 Å². The second-order valence-electron chi connectivity index (χ2n) is 9.21. The summed E-state index contributed by atoms with van der Waals surface area (Å²) in [4.78, 5) is 28.5. The molecule has 5 rings (SSSR count). The first-order chi connectivity index (χ1) is 14.7. The highest BCUT2D eigenvalue weighted by Gasteiger charge is 2.76. The molecule has 0 bridgehead atoms. The highest BCUT2D eigenvalue weighted by molar-refractivity contribution is 5.96. The Morgan fingerprint density at radius 2 is 1.87 bits per heavy atom. The quantitative estimate of drug-likeness (QED) is 0.590. The van der Waals surface area contributed by atoms with Crippen LogP contribution in [0.25, 0.3) is 0 Å². The number of para-hydroxylation sites is 1. The fourth-order valence-electron chi connectivity index (χ4n) is 5.61. The fraction of sp³-hybridized carbons (Fsp3) is 0.360. The summed E-state index contributed by atoms with van der Waals surface area (Å²) in [5.41, 5.74) is -1.16. The monoisotopic (exact) mass is 418 g/mol. The van der Waals surface area contributed by atoms with Crippen molar-refractivity contribution >= 4 is 17.6 Å². The molecule has 4 atom stereocenters. The summed E-state index contributed by atoms with van der Waals surface area (Å²) < 4.78 is 5.61. The molecule has 2 saturated heterocycles. The third-order valence-corrected chi connectivity index (χ3v) is 7.20. The molecule has 3 heterocycles. The summed E-state index contributed by atoms with van der Waals surface area (Å²) in [6, 6.07) is 16.1. The van der Waals surface area contributed by atoms with Gasteiger partial charge in [0.15, 0.2) is 11.8 Å². The Kier molecular flexibility index (Phi) is 4.12. The molecular formula is C25H26N2O4. The van der Waals surface area contributed by atoms with Crippen LogP contribution in [0.15, 0.2) is 67.3 Å². The summed E-state index contributed by atoms with van der Waals surface area (Å²) >= 11 is 0. The third-order valence-electron chi connectivity index (χ3n) is 7.20. The predicted molar refractivity (Wildman–Crippen MR) is 116 cm³/mol. The second kappa shape index (κ2) is 6.44. The lowest BCUT2D eigenvalue weighted by Crippen LogP contribution is -2.71. The number of carbonyl (C=O) groups excluding carboxylic acids is 2. The average Bonchev–Trinajstić information content (AvgIpc) is 3.18. The van der Waals surface area contributed by atoms with Crippen LogP contribution >= 0.6 is 0 Å². The van der Waals surface area contributed by atoms with E-state index < -0.39 is 34.8 Å². The first kappa shape index (κ1) is 19.8. The first-order valence-corrected chi connectivity index (χ1v) is 10.6. The maximum Gasteiger partial charge on any atom is 0.329 e. The molecule has 2 aromatic carbocycles. The number of anilines is 1. The van der Waals surface area contributed by atoms with Gasteiger partial charge in [0, 0.05) is 29.5 Å². The lowest BCUT2D eigenvalue weighted by molar-refractivity contribution is -0.185. The van der Waals surface area contributed by atoms with Crippen molar-refractivity contribution in [3.8, 4) is 0 Å². The van der Waals surface area contributed by atoms with Gasteiger partial charge in [-0.05, 0) is 11.6 Å². The SMILES string of the molecule is C=CC(C)(C)[C@]12Nc3ccccc3[C@@]1(O)C[C@H]1C(=O)O[C@@H](Cc3ccccc3)C(=O)N12. The van der Waals surface area contributed by atoms with Crippen molar-refractivity contribution in [1.29, 1.82) is 0 Å². The first-order valence-electron chi connectivity index (χ1n) is 10.6. The fourth-order valence-corrected chi connectivity index (χ4v) is 5.61. The van der Waals surface area contributed by atoms with E-state index in [9.17, 15) is 14.7 Å². The Morgan fingerprint density at radius 1 is 1.19 bits per heavy atom. The normalized spacial score (nSPS) is 31.4. The Bertz CT molecular complexity index is 1080. The number of hydrogen-bond donors (Lipinski definition) is 2. The zero-order valence-electron chi connectivity index (χ0n) is 17.7. The van der Waals surface area contributed by atoms with Crippen molar-refractivity contribution in [3.63, 3.8) is 0 Å². The van der Waals surface area contributed by atoms with E-state index >= 15 is 0 Å². The van der Waals surface area contributed by atoms with Crippen LogP contribution in [0.1, 0.15) is 31.4 Å². The summed E-state index contributed by atoms with van der Waals surface area (Å²) in [5.74, 6) is -0.790. The number of morpholine rings is 1. The molecular weight excluding hydrogens is 392 g/mol. The van der Waals surface area contributed by atoms with Gasteiger partial charge >= 0.3 is 5.97 Å². The van der Waals surface area contributed by atoms with Gasteiger partial charge in [0.25, 0.3) is 5.91 Å². The average molecular weight is 418 g/mol. The number of hydrogen-bond acceptors (Lipinski definition) is 5. The third kappa shape index (κ3) is 2.42. The topological polar surface area (TPSA) is 78.9 Å². The molecule has 0 saturated carbocycles. The molecule has 2 aromatic rings. The van der Waals surface area contributed by atoms with Crippen LogP contribution in [0, 0.1) is 5.41 Å². The number of cyclic esters (lactones) is 1. The number of nitrogens with zero attached hydrogens (tertiary/aromatic N) is 1. The van der Waals surface area contributed by atoms with Crippen molar-refractivity contribution in [1.82, 2.24) is 4.90 Å². The number of esters is 1. The zero-order chi connectivity index (χ0) is 22.0. The molecule has 6 nitrogen and oxygen atoms in total. The summed E-state index contributed by atoms with van der Waals surface area (Å²) in [6.07, 6.45) is 1.14. The van der Waals surface area contributed by atoms with Gasteiger partial charge in [0.1, 0.15) is 11.6 Å². The van der Waals surface area contributed by atoms with E-state index in [2.05, 4.69) is 11.9 Å². The van der Waals surface area contributed by atoms with Crippen molar-refractivity contribution in [3.05, 3.63) is 78.4 Å². The van der Waals surface area contributed by atoms with Gasteiger partial charge in [-0.2, -0.15) is 0 Å². The van der Waals surface area contributed by atoms with E-state index in [0.717, 1.165) is 11.3 Å². The summed E-state index contributed by atoms with van der Waals surface area (Å²) in [5, 5.41) is 15.6. The Labute approximate surface area is 181 Å². The minimum absolute atomic E-state index is 0.0664. The van der Waals surface area contributed by atoms with E-state index in [-0.39, 0.29) is 18.7 Å². The van der Waals surface area contributed by atoms with Crippen LogP contribution in [0.2, 0.25) is 0 Å². The van der Waals surface area contributed by atoms with E-state index in [1.165, 1.54) is 0 Å². The van der Waals surface area contributed by atoms with Gasteiger partial charge in [-0.15, -0.1) is 6.58 Å². The number of rotatable bonds is 4. The molecule has 2 N–H and O–H groups in total. The lowest BCUT2D eigenvalue weighted by atomic mass is 9.68. The standard InChI is InChI=1S/C25H26N2O4/c1-4-23(2,3)25-24(30,17-12-8-9-13-18(17)26-25)15-19-22(29)31-20(21(28)27(19)25)14-16-10-6-5-7-11-16/h4-13,19-20,26,30H,1,14-15H2,2-3H3/t19-,20-,24-,25+/m0/s1. The Hall–Kier alpha value is -3.12. The molecule has 1 amide bonds. The van der Waals surface area contributed by atoms with Crippen LogP contribution in [-0.4, -0.2) is 39.7 Å². The van der Waals surface area contributed by atoms with Crippen LogP contribution in [0.4, 0.5) is 5.69 Å². The highest BCUT2D eigenvalue weighted by Crippen LogP contribution is 2.63. The molecule has 31 heavy (non-hydrogen) atoms. The van der Waals surface area contributed by atoms with Crippen LogP contribution < -0.4 is 5.32 Å². The van der Waals surface area contributed by atoms with Crippen molar-refractivity contribution in [2.24, 2.45) is 5.41 Å². The van der Waals surface area contributed by atoms with Crippen molar-refractivity contribution < 1.29 is 19.4 Å². The number of nitrogens with one attached hydrogen (secondary N) is 1. The molecule has 160 valence electrons. The summed E-state index contributed by atoms with van der Waals surface area (Å²) in [7, 11) is 0. The smallest absolute Gasteiger partial charge is 0.329 e. The van der Waals surface area contributed by atoms with Crippen LogP contribution in [-0.2, 0) is 26.3 Å². The predicted octanol–water partition coefficient (Wildman–Crippen LogP) is 2.98. The molecule has 0 aromatic heterocycles. The number of fused-ring (bicyclic) bond motifs is 5. The zero-order valence-corrected chi connectivity index (χ0v) is 17.7. The van der Waals surface area contributed by atoms with E-state index in [4.69, 9.17) is 4.74 Å². The van der Waals surface area contributed by atoms with Gasteiger partial charge in [0.05, 0.1) is 0 Å². The van der Waals surface area contributed by atoms with E-state index in [1.54, 1.807) is 11.0 Å². The molecule has 0 unspecified atom stereocenters. The minimum atomic E-state index is -1.47. The summed E-state index contributed by atoms with van der Waals surface area (Å²) in [6.45, 7) is 7.83. The van der Waals surface area contributed by atoms with Crippen LogP contribution in [0.3, 0.4) is 0 Å². The number of ether oxygens (including phenoxy) is 1. The van der Waals surface area contributed by atoms with Gasteiger partial charge in [-0.3, -0.25) is 9.69 Å². The highest BCUT2D eigenvalue weighted by atomic mass is 16.6. The van der Waals surface area contributed by atoms with Gasteiger partial charge in [0.2, 0.25) is 0 Å². The van der Waals surface area contributed by atoms with E-state index in [0.29, 0.717) is 5.56 Å². The second-order valence-corrected chi connectivity index (χ2v) is 9.21. The number of benzene rings is 2. The largest absolute Gasteiger partial charge is 0.450 e. The number of aliphatic hydroxyl groups is 1. The molecule has 2 fully saturated rings. The maximum atomic E-state index is 13.8. The minimum Gasteiger partial charge on any atom is -0.450 e. The maximum absolute atomic E-state index is 13.8. The van der Waals surface area contributed by atoms with Crippen molar-refractivity contribution in [2.75, 3.05) is 5.32 Å².